The number of pyridine rings is 1. The molecule has 1 N–H and O–H groups in total. The first-order valence-corrected chi connectivity index (χ1v) is 7.71. The monoisotopic (exact) mass is 286 g/mol. The van der Waals surface area contributed by atoms with E-state index in [-0.39, 0.29) is 5.41 Å². The van der Waals surface area contributed by atoms with E-state index in [4.69, 9.17) is 4.52 Å². The standard InChI is InChI=1S/C16H22N4O/c1-3-5-16(6-9-17-10-7-16)15-19-14(20-21-15)13-11-12(2)4-8-18-13/h4,8,11,17H,3,5-7,9-10H2,1-2H3. The van der Waals surface area contributed by atoms with Crippen LogP contribution in [0.5, 0.6) is 0 Å². The molecule has 1 saturated heterocycles. The summed E-state index contributed by atoms with van der Waals surface area (Å²) in [5, 5.41) is 7.57. The van der Waals surface area contributed by atoms with Gasteiger partial charge >= 0.3 is 0 Å². The van der Waals surface area contributed by atoms with E-state index in [9.17, 15) is 0 Å². The Morgan fingerprint density at radius 2 is 2.14 bits per heavy atom. The molecule has 3 heterocycles. The highest BCUT2D eigenvalue weighted by Crippen LogP contribution is 2.37. The molecule has 0 aromatic carbocycles. The lowest BCUT2D eigenvalue weighted by atomic mass is 9.75. The fourth-order valence-corrected chi connectivity index (χ4v) is 3.16. The van der Waals surface area contributed by atoms with Crippen molar-refractivity contribution in [1.82, 2.24) is 20.4 Å². The molecular formula is C16H22N4O. The Kier molecular flexibility index (Phi) is 4.01. The van der Waals surface area contributed by atoms with Crippen molar-refractivity contribution in [2.45, 2.75) is 44.9 Å². The Hall–Kier alpha value is -1.75. The molecule has 0 bridgehead atoms. The van der Waals surface area contributed by atoms with Crippen LogP contribution in [0.3, 0.4) is 0 Å². The molecule has 21 heavy (non-hydrogen) atoms. The first-order valence-electron chi connectivity index (χ1n) is 7.71. The molecule has 112 valence electrons. The van der Waals surface area contributed by atoms with Crippen molar-refractivity contribution in [3.63, 3.8) is 0 Å². The third-order valence-electron chi connectivity index (χ3n) is 4.31. The van der Waals surface area contributed by atoms with Crippen LogP contribution in [0.2, 0.25) is 0 Å². The van der Waals surface area contributed by atoms with Crippen LogP contribution in [0.1, 0.15) is 44.1 Å². The van der Waals surface area contributed by atoms with Gasteiger partial charge in [0.2, 0.25) is 11.7 Å². The predicted octanol–water partition coefficient (Wildman–Crippen LogP) is 2.86. The smallest absolute Gasteiger partial charge is 0.233 e. The van der Waals surface area contributed by atoms with Gasteiger partial charge in [0.1, 0.15) is 5.69 Å². The van der Waals surface area contributed by atoms with Crippen LogP contribution >= 0.6 is 0 Å². The van der Waals surface area contributed by atoms with Crippen molar-refractivity contribution < 1.29 is 4.52 Å². The van der Waals surface area contributed by atoms with Crippen LogP contribution in [0.4, 0.5) is 0 Å². The molecule has 3 rings (SSSR count). The number of nitrogens with one attached hydrogen (secondary N) is 1. The normalized spacial score (nSPS) is 17.8. The lowest BCUT2D eigenvalue weighted by Gasteiger charge is -2.34. The van der Waals surface area contributed by atoms with E-state index in [2.05, 4.69) is 27.4 Å². The maximum absolute atomic E-state index is 5.63. The van der Waals surface area contributed by atoms with Gasteiger partial charge in [0.25, 0.3) is 0 Å². The SMILES string of the molecule is CCCC1(c2nc(-c3cc(C)ccn3)no2)CCNCC1. The Bertz CT molecular complexity index is 596. The quantitative estimate of drug-likeness (QED) is 0.936. The van der Waals surface area contributed by atoms with E-state index in [1.165, 1.54) is 0 Å². The fraction of sp³-hybridized carbons (Fsp3) is 0.562. The summed E-state index contributed by atoms with van der Waals surface area (Å²) in [7, 11) is 0. The Balaban J connectivity index is 1.92. The molecule has 0 radical (unpaired) electrons. The lowest BCUT2D eigenvalue weighted by molar-refractivity contribution is 0.208. The number of piperidine rings is 1. The van der Waals surface area contributed by atoms with Crippen molar-refractivity contribution in [2.75, 3.05) is 13.1 Å². The highest BCUT2D eigenvalue weighted by molar-refractivity contribution is 5.49. The Morgan fingerprint density at radius 1 is 1.33 bits per heavy atom. The first kappa shape index (κ1) is 14.2. The number of rotatable bonds is 4. The van der Waals surface area contributed by atoms with Gasteiger partial charge in [-0.1, -0.05) is 18.5 Å². The molecule has 2 aromatic rings. The number of hydrogen-bond acceptors (Lipinski definition) is 5. The minimum atomic E-state index is 0.0368. The number of hydrogen-bond donors (Lipinski definition) is 1. The minimum absolute atomic E-state index is 0.0368. The van der Waals surface area contributed by atoms with Crippen molar-refractivity contribution >= 4 is 0 Å². The van der Waals surface area contributed by atoms with Crippen LogP contribution in [-0.4, -0.2) is 28.2 Å². The zero-order chi connectivity index (χ0) is 14.7. The predicted molar refractivity (Wildman–Crippen MR) is 81.0 cm³/mol. The van der Waals surface area contributed by atoms with E-state index in [0.29, 0.717) is 5.82 Å². The molecule has 5 nitrogen and oxygen atoms in total. The summed E-state index contributed by atoms with van der Waals surface area (Å²) in [5.74, 6) is 1.38. The van der Waals surface area contributed by atoms with Crippen molar-refractivity contribution in [1.29, 1.82) is 0 Å². The van der Waals surface area contributed by atoms with Gasteiger partial charge in [-0.15, -0.1) is 0 Å². The van der Waals surface area contributed by atoms with E-state index in [1.807, 2.05) is 19.1 Å². The van der Waals surface area contributed by atoms with Gasteiger partial charge < -0.3 is 9.84 Å². The zero-order valence-electron chi connectivity index (χ0n) is 12.7. The van der Waals surface area contributed by atoms with Gasteiger partial charge in [-0.05, 0) is 57.0 Å². The first-order chi connectivity index (χ1) is 10.2. The maximum atomic E-state index is 5.63. The third kappa shape index (κ3) is 2.83. The van der Waals surface area contributed by atoms with Crippen molar-refractivity contribution in [2.24, 2.45) is 0 Å². The molecule has 1 fully saturated rings. The number of aryl methyl sites for hydroxylation is 1. The Labute approximate surface area is 125 Å². The molecule has 1 aliphatic rings. The van der Waals surface area contributed by atoms with E-state index in [1.54, 1.807) is 6.20 Å². The fourth-order valence-electron chi connectivity index (χ4n) is 3.16. The average Bonchev–Trinajstić information content (AvgIpc) is 2.99. The van der Waals surface area contributed by atoms with Crippen molar-refractivity contribution in [3.05, 3.63) is 29.8 Å². The number of nitrogens with zero attached hydrogens (tertiary/aromatic N) is 3. The molecule has 0 spiro atoms. The molecule has 2 aromatic heterocycles. The number of aromatic nitrogens is 3. The minimum Gasteiger partial charge on any atom is -0.338 e. The second-order valence-corrected chi connectivity index (χ2v) is 5.92. The summed E-state index contributed by atoms with van der Waals surface area (Å²) >= 11 is 0. The second kappa shape index (κ2) is 5.93. The largest absolute Gasteiger partial charge is 0.338 e. The topological polar surface area (TPSA) is 63.8 Å². The summed E-state index contributed by atoms with van der Waals surface area (Å²) in [5.41, 5.74) is 1.97. The van der Waals surface area contributed by atoms with Crippen LogP contribution in [0, 0.1) is 6.92 Å². The molecule has 5 heteroatoms. The molecule has 1 aliphatic heterocycles. The van der Waals surface area contributed by atoms with Gasteiger partial charge in [-0.2, -0.15) is 4.98 Å². The van der Waals surface area contributed by atoms with Gasteiger partial charge in [-0.3, -0.25) is 4.98 Å². The van der Waals surface area contributed by atoms with Crippen LogP contribution in [0.25, 0.3) is 11.5 Å². The third-order valence-corrected chi connectivity index (χ3v) is 4.31. The van der Waals surface area contributed by atoms with Gasteiger partial charge in [0.15, 0.2) is 0 Å². The lowest BCUT2D eigenvalue weighted by Crippen LogP contribution is -2.40. The average molecular weight is 286 g/mol. The molecule has 0 aliphatic carbocycles. The summed E-state index contributed by atoms with van der Waals surface area (Å²) in [6.45, 7) is 6.28. The molecule has 0 atom stereocenters. The highest BCUT2D eigenvalue weighted by Gasteiger charge is 2.38. The van der Waals surface area contributed by atoms with E-state index < -0.39 is 0 Å². The van der Waals surface area contributed by atoms with Gasteiger partial charge in [0, 0.05) is 6.20 Å². The van der Waals surface area contributed by atoms with E-state index >= 15 is 0 Å². The van der Waals surface area contributed by atoms with Gasteiger partial charge in [0.05, 0.1) is 5.41 Å². The summed E-state index contributed by atoms with van der Waals surface area (Å²) in [4.78, 5) is 9.01. The van der Waals surface area contributed by atoms with Crippen molar-refractivity contribution in [3.8, 4) is 11.5 Å². The summed E-state index contributed by atoms with van der Waals surface area (Å²) in [6, 6.07) is 3.96. The summed E-state index contributed by atoms with van der Waals surface area (Å²) < 4.78 is 5.63. The molecule has 0 saturated carbocycles. The van der Waals surface area contributed by atoms with Gasteiger partial charge in [-0.25, -0.2) is 0 Å². The highest BCUT2D eigenvalue weighted by atomic mass is 16.5. The Morgan fingerprint density at radius 3 is 2.86 bits per heavy atom. The zero-order valence-corrected chi connectivity index (χ0v) is 12.7. The van der Waals surface area contributed by atoms with Crippen LogP contribution in [0.15, 0.2) is 22.9 Å². The summed E-state index contributed by atoms with van der Waals surface area (Å²) in [6.07, 6.45) is 6.12. The second-order valence-electron chi connectivity index (χ2n) is 5.92. The molecule has 0 amide bonds. The van der Waals surface area contributed by atoms with Crippen LogP contribution < -0.4 is 5.32 Å². The molecular weight excluding hydrogens is 264 g/mol. The van der Waals surface area contributed by atoms with Crippen LogP contribution in [-0.2, 0) is 5.41 Å². The molecule has 0 unspecified atom stereocenters. The maximum Gasteiger partial charge on any atom is 0.233 e. The van der Waals surface area contributed by atoms with E-state index in [0.717, 1.165) is 55.9 Å².